The van der Waals surface area contributed by atoms with Gasteiger partial charge in [0.15, 0.2) is 5.65 Å². The van der Waals surface area contributed by atoms with E-state index in [0.29, 0.717) is 23.3 Å². The lowest BCUT2D eigenvalue weighted by atomic mass is 10.1. The smallest absolute Gasteiger partial charge is 0.262 e. The highest BCUT2D eigenvalue weighted by Crippen LogP contribution is 2.23. The van der Waals surface area contributed by atoms with Crippen LogP contribution in [0.15, 0.2) is 35.4 Å². The average molecular weight is 311 g/mol. The number of H-pyrrole nitrogens is 1. The van der Waals surface area contributed by atoms with Gasteiger partial charge < -0.3 is 9.72 Å². The van der Waals surface area contributed by atoms with E-state index in [1.165, 1.54) is 0 Å². The topological polar surface area (TPSA) is 85.7 Å². The summed E-state index contributed by atoms with van der Waals surface area (Å²) in [7, 11) is 0. The molecule has 1 aliphatic heterocycles. The van der Waals surface area contributed by atoms with Gasteiger partial charge in [0.1, 0.15) is 11.2 Å². The second kappa shape index (κ2) is 5.92. The fraction of sp³-hybridized carbons (Fsp3) is 0.375. The first-order chi connectivity index (χ1) is 11.3. The SMILES string of the molecule is O=c1[nH]c(Cc2ccccn2)nc2c1cnn2C1CCOCC1. The van der Waals surface area contributed by atoms with Crippen molar-refractivity contribution in [2.45, 2.75) is 25.3 Å². The van der Waals surface area contributed by atoms with Crippen molar-refractivity contribution in [3.63, 3.8) is 0 Å². The maximum absolute atomic E-state index is 12.3. The number of aromatic nitrogens is 5. The third kappa shape index (κ3) is 2.75. The average Bonchev–Trinajstić information content (AvgIpc) is 3.01. The molecule has 0 unspecified atom stereocenters. The number of nitrogens with zero attached hydrogens (tertiary/aromatic N) is 4. The molecule has 4 rings (SSSR count). The minimum Gasteiger partial charge on any atom is -0.381 e. The van der Waals surface area contributed by atoms with E-state index in [1.54, 1.807) is 12.4 Å². The minimum atomic E-state index is -0.153. The van der Waals surface area contributed by atoms with Crippen LogP contribution in [0.4, 0.5) is 0 Å². The molecule has 23 heavy (non-hydrogen) atoms. The van der Waals surface area contributed by atoms with Gasteiger partial charge in [-0.25, -0.2) is 9.67 Å². The van der Waals surface area contributed by atoms with Crippen LogP contribution < -0.4 is 5.56 Å². The maximum atomic E-state index is 12.3. The molecule has 3 aromatic heterocycles. The summed E-state index contributed by atoms with van der Waals surface area (Å²) >= 11 is 0. The van der Waals surface area contributed by atoms with E-state index in [-0.39, 0.29) is 11.6 Å². The molecule has 0 bridgehead atoms. The third-order valence-corrected chi connectivity index (χ3v) is 4.12. The second-order valence-electron chi connectivity index (χ2n) is 5.68. The van der Waals surface area contributed by atoms with Gasteiger partial charge in [-0.3, -0.25) is 9.78 Å². The molecule has 1 N–H and O–H groups in total. The Morgan fingerprint density at radius 2 is 2.17 bits per heavy atom. The van der Waals surface area contributed by atoms with Crippen LogP contribution in [0.3, 0.4) is 0 Å². The highest BCUT2D eigenvalue weighted by atomic mass is 16.5. The molecular weight excluding hydrogens is 294 g/mol. The Kier molecular flexibility index (Phi) is 3.63. The number of hydrogen-bond donors (Lipinski definition) is 1. The van der Waals surface area contributed by atoms with E-state index < -0.39 is 0 Å². The van der Waals surface area contributed by atoms with Gasteiger partial charge in [0, 0.05) is 31.5 Å². The van der Waals surface area contributed by atoms with Gasteiger partial charge in [0.25, 0.3) is 5.56 Å². The summed E-state index contributed by atoms with van der Waals surface area (Å²) in [5.74, 6) is 0.606. The zero-order valence-corrected chi connectivity index (χ0v) is 12.6. The summed E-state index contributed by atoms with van der Waals surface area (Å²) in [5.41, 5.74) is 1.36. The number of nitrogens with one attached hydrogen (secondary N) is 1. The lowest BCUT2D eigenvalue weighted by Gasteiger charge is -2.22. The molecule has 0 amide bonds. The van der Waals surface area contributed by atoms with Crippen molar-refractivity contribution in [2.24, 2.45) is 0 Å². The van der Waals surface area contributed by atoms with Crippen molar-refractivity contribution >= 4 is 11.0 Å². The first-order valence-electron chi connectivity index (χ1n) is 7.75. The van der Waals surface area contributed by atoms with E-state index in [2.05, 4.69) is 20.1 Å². The van der Waals surface area contributed by atoms with Crippen LogP contribution in [0.25, 0.3) is 11.0 Å². The summed E-state index contributed by atoms with van der Waals surface area (Å²) in [6.07, 6.45) is 5.60. The number of fused-ring (bicyclic) bond motifs is 1. The zero-order chi connectivity index (χ0) is 15.6. The van der Waals surface area contributed by atoms with Crippen LogP contribution in [0.5, 0.6) is 0 Å². The lowest BCUT2D eigenvalue weighted by molar-refractivity contribution is 0.0673. The molecule has 0 aromatic carbocycles. The normalized spacial score (nSPS) is 16.0. The van der Waals surface area contributed by atoms with Crippen molar-refractivity contribution < 1.29 is 4.74 Å². The highest BCUT2D eigenvalue weighted by Gasteiger charge is 2.20. The number of aromatic amines is 1. The first kappa shape index (κ1) is 14.1. The Labute approximate surface area is 132 Å². The van der Waals surface area contributed by atoms with Crippen LogP contribution in [-0.2, 0) is 11.2 Å². The van der Waals surface area contributed by atoms with Gasteiger partial charge in [-0.05, 0) is 25.0 Å². The molecule has 1 aliphatic rings. The number of ether oxygens (including phenoxy) is 1. The van der Waals surface area contributed by atoms with Gasteiger partial charge in [0.2, 0.25) is 0 Å². The second-order valence-corrected chi connectivity index (χ2v) is 5.68. The molecule has 3 aromatic rings. The minimum absolute atomic E-state index is 0.153. The number of hydrogen-bond acceptors (Lipinski definition) is 5. The number of rotatable bonds is 3. The quantitative estimate of drug-likeness (QED) is 0.791. The van der Waals surface area contributed by atoms with Crippen LogP contribution >= 0.6 is 0 Å². The van der Waals surface area contributed by atoms with Gasteiger partial charge in [-0.1, -0.05) is 6.07 Å². The van der Waals surface area contributed by atoms with E-state index in [9.17, 15) is 4.79 Å². The van der Waals surface area contributed by atoms with Crippen LogP contribution in [0.1, 0.15) is 30.4 Å². The van der Waals surface area contributed by atoms with Gasteiger partial charge >= 0.3 is 0 Å². The summed E-state index contributed by atoms with van der Waals surface area (Å²) in [6.45, 7) is 1.44. The predicted octanol–water partition coefficient (Wildman–Crippen LogP) is 1.46. The molecule has 0 saturated carbocycles. The highest BCUT2D eigenvalue weighted by molar-refractivity contribution is 5.73. The molecule has 0 atom stereocenters. The maximum Gasteiger partial charge on any atom is 0.262 e. The Hall–Kier alpha value is -2.54. The molecule has 118 valence electrons. The lowest BCUT2D eigenvalue weighted by Crippen LogP contribution is -2.21. The summed E-state index contributed by atoms with van der Waals surface area (Å²) in [6, 6.07) is 5.94. The molecule has 4 heterocycles. The van der Waals surface area contributed by atoms with Crippen molar-refractivity contribution in [1.82, 2.24) is 24.7 Å². The van der Waals surface area contributed by atoms with E-state index >= 15 is 0 Å². The van der Waals surface area contributed by atoms with Crippen LogP contribution in [-0.4, -0.2) is 37.9 Å². The van der Waals surface area contributed by atoms with E-state index in [4.69, 9.17) is 4.74 Å². The van der Waals surface area contributed by atoms with E-state index in [1.807, 2.05) is 22.9 Å². The summed E-state index contributed by atoms with van der Waals surface area (Å²) in [5, 5.41) is 4.92. The molecular formula is C16H17N5O2. The molecule has 0 aliphatic carbocycles. The molecule has 0 radical (unpaired) electrons. The Bertz CT molecular complexity index is 865. The standard InChI is InChI=1S/C16H17N5O2/c22-16-13-10-18-21(12-4-7-23-8-5-12)15(13)19-14(20-16)9-11-3-1-2-6-17-11/h1-3,6,10,12H,4-5,7-9H2,(H,19,20,22). The molecule has 7 heteroatoms. The fourth-order valence-corrected chi connectivity index (χ4v) is 2.94. The van der Waals surface area contributed by atoms with Gasteiger partial charge in [-0.15, -0.1) is 0 Å². The molecule has 0 spiro atoms. The zero-order valence-electron chi connectivity index (χ0n) is 12.6. The van der Waals surface area contributed by atoms with Crippen molar-refractivity contribution in [3.8, 4) is 0 Å². The monoisotopic (exact) mass is 311 g/mol. The molecule has 7 nitrogen and oxygen atoms in total. The Morgan fingerprint density at radius 1 is 1.30 bits per heavy atom. The van der Waals surface area contributed by atoms with E-state index in [0.717, 1.165) is 31.7 Å². The van der Waals surface area contributed by atoms with Crippen LogP contribution in [0.2, 0.25) is 0 Å². The Balaban J connectivity index is 1.74. The predicted molar refractivity (Wildman–Crippen MR) is 84.3 cm³/mol. The first-order valence-corrected chi connectivity index (χ1v) is 7.75. The van der Waals surface area contributed by atoms with Crippen molar-refractivity contribution in [1.29, 1.82) is 0 Å². The van der Waals surface area contributed by atoms with Gasteiger partial charge in [0.05, 0.1) is 12.2 Å². The van der Waals surface area contributed by atoms with Crippen molar-refractivity contribution in [3.05, 3.63) is 52.5 Å². The molecule has 1 fully saturated rings. The fourth-order valence-electron chi connectivity index (χ4n) is 2.94. The van der Waals surface area contributed by atoms with Crippen molar-refractivity contribution in [2.75, 3.05) is 13.2 Å². The molecule has 1 saturated heterocycles. The van der Waals surface area contributed by atoms with Crippen LogP contribution in [0, 0.1) is 0 Å². The third-order valence-electron chi connectivity index (χ3n) is 4.12. The van der Waals surface area contributed by atoms with Gasteiger partial charge in [-0.2, -0.15) is 5.10 Å². The summed E-state index contributed by atoms with van der Waals surface area (Å²) < 4.78 is 7.27. The Morgan fingerprint density at radius 3 is 2.96 bits per heavy atom. The summed E-state index contributed by atoms with van der Waals surface area (Å²) in [4.78, 5) is 24.0. The largest absolute Gasteiger partial charge is 0.381 e. The number of pyridine rings is 1.